The highest BCUT2D eigenvalue weighted by Crippen LogP contribution is 2.43. The summed E-state index contributed by atoms with van der Waals surface area (Å²) in [4.78, 5) is 25.3. The molecule has 134 valence electrons. The Morgan fingerprint density at radius 1 is 1.04 bits per heavy atom. The van der Waals surface area contributed by atoms with Crippen LogP contribution in [0.15, 0.2) is 35.1 Å². The molecule has 0 radical (unpaired) electrons. The number of pyridine rings is 1. The monoisotopic (exact) mass is 355 g/mol. The maximum Gasteiger partial charge on any atom is 0.317 e. The number of aromatic nitrogens is 1. The summed E-state index contributed by atoms with van der Waals surface area (Å²) in [7, 11) is 4.27. The van der Waals surface area contributed by atoms with Crippen LogP contribution in [0.2, 0.25) is 0 Å². The second-order valence-corrected chi connectivity index (χ2v) is 6.09. The van der Waals surface area contributed by atoms with Crippen molar-refractivity contribution in [3.8, 4) is 11.5 Å². The highest BCUT2D eigenvalue weighted by Gasteiger charge is 2.40. The number of rotatable bonds is 3. The van der Waals surface area contributed by atoms with Gasteiger partial charge in [-0.25, -0.2) is 0 Å². The third-order valence-corrected chi connectivity index (χ3v) is 4.92. The van der Waals surface area contributed by atoms with Gasteiger partial charge < -0.3 is 19.3 Å². The molecule has 0 fully saturated rings. The molecule has 2 aromatic carbocycles. The topological polar surface area (TPSA) is 87.0 Å². The predicted molar refractivity (Wildman–Crippen MR) is 94.8 cm³/mol. The first-order valence-electron chi connectivity index (χ1n) is 8.02. The Hall–Kier alpha value is -3.06. The van der Waals surface area contributed by atoms with Gasteiger partial charge in [-0.15, -0.1) is 0 Å². The molecule has 0 bridgehead atoms. The van der Waals surface area contributed by atoms with Gasteiger partial charge in [-0.2, -0.15) is 0 Å². The average molecular weight is 355 g/mol. The van der Waals surface area contributed by atoms with Crippen molar-refractivity contribution in [1.29, 1.82) is 0 Å². The summed E-state index contributed by atoms with van der Waals surface area (Å²) in [6, 6.07) is 8.68. The Balaban J connectivity index is 2.18. The van der Waals surface area contributed by atoms with Crippen molar-refractivity contribution in [2.24, 2.45) is 0 Å². The van der Waals surface area contributed by atoms with Gasteiger partial charge in [-0.1, -0.05) is 18.2 Å². The van der Waals surface area contributed by atoms with Crippen molar-refractivity contribution in [1.82, 2.24) is 4.57 Å². The number of para-hydroxylation sites is 1. The standard InChI is InChI=1S/C19H17NO6/c1-24-13-7-11-9-5-4-6-10-15(19(23)26-3)18(22)20(16(9)10)17(21)12(11)8-14(13)25-2/h4-8,15,18,22H,1-3H3. The first kappa shape index (κ1) is 16.4. The van der Waals surface area contributed by atoms with Crippen molar-refractivity contribution >= 4 is 27.6 Å². The van der Waals surface area contributed by atoms with Crippen LogP contribution >= 0.6 is 0 Å². The van der Waals surface area contributed by atoms with Gasteiger partial charge >= 0.3 is 5.97 Å². The normalized spacial score (nSPS) is 18.3. The third kappa shape index (κ3) is 1.97. The van der Waals surface area contributed by atoms with Gasteiger partial charge in [0.05, 0.1) is 32.2 Å². The number of methoxy groups -OCH3 is 3. The summed E-state index contributed by atoms with van der Waals surface area (Å²) in [6.45, 7) is 0. The van der Waals surface area contributed by atoms with Crippen molar-refractivity contribution < 1.29 is 24.1 Å². The fourth-order valence-corrected chi connectivity index (χ4v) is 3.75. The summed E-state index contributed by atoms with van der Waals surface area (Å²) in [5.41, 5.74) is 0.690. The molecule has 3 aromatic rings. The first-order chi connectivity index (χ1) is 12.5. The van der Waals surface area contributed by atoms with E-state index in [1.54, 1.807) is 24.3 Å². The molecule has 0 aliphatic carbocycles. The molecule has 0 saturated carbocycles. The molecular weight excluding hydrogens is 338 g/mol. The fraction of sp³-hybridized carbons (Fsp3) is 0.263. The molecule has 2 atom stereocenters. The van der Waals surface area contributed by atoms with E-state index in [2.05, 4.69) is 0 Å². The van der Waals surface area contributed by atoms with Gasteiger partial charge in [-0.3, -0.25) is 14.2 Å². The summed E-state index contributed by atoms with van der Waals surface area (Å²) < 4.78 is 16.7. The molecule has 1 N–H and O–H groups in total. The summed E-state index contributed by atoms with van der Waals surface area (Å²) in [5.74, 6) is -0.630. The summed E-state index contributed by atoms with van der Waals surface area (Å²) in [5, 5.41) is 12.5. The lowest BCUT2D eigenvalue weighted by molar-refractivity contribution is -0.146. The van der Waals surface area contributed by atoms with Crippen molar-refractivity contribution in [3.63, 3.8) is 0 Å². The molecule has 1 aromatic heterocycles. The van der Waals surface area contributed by atoms with E-state index in [9.17, 15) is 14.7 Å². The Morgan fingerprint density at radius 3 is 2.31 bits per heavy atom. The molecular formula is C19H17NO6. The molecule has 4 rings (SSSR count). The summed E-state index contributed by atoms with van der Waals surface area (Å²) in [6.07, 6.45) is -1.33. The average Bonchev–Trinajstić information content (AvgIpc) is 2.97. The van der Waals surface area contributed by atoms with Gasteiger partial charge in [0.1, 0.15) is 5.92 Å². The number of hydrogen-bond acceptors (Lipinski definition) is 6. The SMILES string of the molecule is COC(=O)C1c2cccc3c4cc(OC)c(OC)cc4c(=O)n(c23)C1O. The Bertz CT molecular complexity index is 1120. The fourth-order valence-electron chi connectivity index (χ4n) is 3.75. The minimum Gasteiger partial charge on any atom is -0.493 e. The number of esters is 1. The molecule has 7 heteroatoms. The molecule has 2 heterocycles. The van der Waals surface area contributed by atoms with Crippen LogP contribution in [-0.4, -0.2) is 37.0 Å². The number of benzene rings is 2. The second-order valence-electron chi connectivity index (χ2n) is 6.09. The van der Waals surface area contributed by atoms with Crippen LogP contribution in [0.25, 0.3) is 21.7 Å². The zero-order valence-corrected chi connectivity index (χ0v) is 14.5. The second kappa shape index (κ2) is 5.74. The van der Waals surface area contributed by atoms with Crippen molar-refractivity contribution in [2.75, 3.05) is 21.3 Å². The van der Waals surface area contributed by atoms with Gasteiger partial charge in [-0.05, 0) is 17.7 Å². The quantitative estimate of drug-likeness (QED) is 0.571. The highest BCUT2D eigenvalue weighted by molar-refractivity contribution is 6.09. The van der Waals surface area contributed by atoms with Crippen molar-refractivity contribution in [2.45, 2.75) is 12.1 Å². The first-order valence-corrected chi connectivity index (χ1v) is 8.02. The summed E-state index contributed by atoms with van der Waals surface area (Å²) >= 11 is 0. The van der Waals surface area contributed by atoms with E-state index in [0.717, 1.165) is 5.39 Å². The minimum atomic E-state index is -1.33. The number of aliphatic hydroxyl groups excluding tert-OH is 1. The molecule has 1 aliphatic heterocycles. The van der Waals surface area contributed by atoms with Crippen LogP contribution in [0, 0.1) is 0 Å². The molecule has 2 unspecified atom stereocenters. The van der Waals surface area contributed by atoms with E-state index < -0.39 is 23.7 Å². The molecule has 0 saturated heterocycles. The molecule has 26 heavy (non-hydrogen) atoms. The maximum absolute atomic E-state index is 13.1. The largest absolute Gasteiger partial charge is 0.493 e. The zero-order chi connectivity index (χ0) is 18.6. The van der Waals surface area contributed by atoms with Crippen LogP contribution in [0.3, 0.4) is 0 Å². The molecule has 1 aliphatic rings. The molecule has 0 spiro atoms. The Kier molecular flexibility index (Phi) is 3.62. The van der Waals surface area contributed by atoms with E-state index in [1.165, 1.54) is 25.9 Å². The predicted octanol–water partition coefficient (Wildman–Crippen LogP) is 1.93. The van der Waals surface area contributed by atoms with Gasteiger partial charge in [0.15, 0.2) is 17.7 Å². The Labute approximate surface area is 148 Å². The van der Waals surface area contributed by atoms with Crippen LogP contribution in [0.4, 0.5) is 0 Å². The lowest BCUT2D eigenvalue weighted by Gasteiger charge is -2.15. The van der Waals surface area contributed by atoms with Gasteiger partial charge in [0, 0.05) is 10.8 Å². The van der Waals surface area contributed by atoms with Gasteiger partial charge in [0.25, 0.3) is 5.56 Å². The van der Waals surface area contributed by atoms with Crippen LogP contribution in [-0.2, 0) is 9.53 Å². The number of carbonyl (C=O) groups is 1. The van der Waals surface area contributed by atoms with E-state index in [4.69, 9.17) is 14.2 Å². The third-order valence-electron chi connectivity index (χ3n) is 4.92. The molecule has 7 nitrogen and oxygen atoms in total. The van der Waals surface area contributed by atoms with Crippen molar-refractivity contribution in [3.05, 3.63) is 46.2 Å². The number of ether oxygens (including phenoxy) is 3. The van der Waals surface area contributed by atoms with Crippen LogP contribution in [0.5, 0.6) is 11.5 Å². The number of nitrogens with zero attached hydrogens (tertiary/aromatic N) is 1. The lowest BCUT2D eigenvalue weighted by atomic mass is 9.97. The minimum absolute atomic E-state index is 0.372. The van der Waals surface area contributed by atoms with E-state index >= 15 is 0 Å². The number of aliphatic hydroxyl groups is 1. The lowest BCUT2D eigenvalue weighted by Crippen LogP contribution is -2.27. The van der Waals surface area contributed by atoms with E-state index in [-0.39, 0.29) is 0 Å². The number of hydrogen-bond donors (Lipinski definition) is 1. The van der Waals surface area contributed by atoms with Crippen LogP contribution in [0.1, 0.15) is 17.7 Å². The highest BCUT2D eigenvalue weighted by atomic mass is 16.5. The smallest absolute Gasteiger partial charge is 0.317 e. The maximum atomic E-state index is 13.1. The zero-order valence-electron chi connectivity index (χ0n) is 14.5. The Morgan fingerprint density at radius 2 is 1.69 bits per heavy atom. The molecule has 0 amide bonds. The van der Waals surface area contributed by atoms with E-state index in [0.29, 0.717) is 33.4 Å². The van der Waals surface area contributed by atoms with Crippen LogP contribution < -0.4 is 15.0 Å². The van der Waals surface area contributed by atoms with Gasteiger partial charge in [0.2, 0.25) is 0 Å². The number of fused-ring (bicyclic) bond motifs is 2. The number of carbonyl (C=O) groups excluding carboxylic acids is 1. The van der Waals surface area contributed by atoms with E-state index in [1.807, 2.05) is 6.07 Å².